The van der Waals surface area contributed by atoms with Crippen LogP contribution >= 0.6 is 0 Å². The van der Waals surface area contributed by atoms with Crippen molar-refractivity contribution in [3.63, 3.8) is 0 Å². The fourth-order valence-corrected chi connectivity index (χ4v) is 1.28. The Morgan fingerprint density at radius 1 is 1.44 bits per heavy atom. The molecule has 1 aromatic rings. The molecule has 0 N–H and O–H groups in total. The minimum Gasteiger partial charge on any atom is -0.465 e. The van der Waals surface area contributed by atoms with Gasteiger partial charge in [-0.2, -0.15) is 0 Å². The van der Waals surface area contributed by atoms with Crippen molar-refractivity contribution in [1.29, 1.82) is 0 Å². The molecule has 1 atom stereocenters. The van der Waals surface area contributed by atoms with Gasteiger partial charge in [-0.15, -0.1) is 0 Å². The van der Waals surface area contributed by atoms with Crippen molar-refractivity contribution in [2.24, 2.45) is 0 Å². The predicted molar refractivity (Wildman–Crippen MR) is 67.5 cm³/mol. The number of hydrogen-bond acceptors (Lipinski definition) is 2. The highest BCUT2D eigenvalue weighted by molar-refractivity contribution is 5.48. The monoisotopic (exact) mass is 221 g/mol. The molecule has 2 nitrogen and oxygen atoms in total. The highest BCUT2D eigenvalue weighted by Gasteiger charge is 2.02. The standard InChI is InChI=1S/C14H20O2/c1-4-6-11-15-12(3)16-14-9-7-13(5-2)8-10-14/h5,7-10,12H,2,4,6,11H2,1,3H3/i2D. The second-order valence-electron chi connectivity index (χ2n) is 3.65. The summed E-state index contributed by atoms with van der Waals surface area (Å²) in [6.45, 7) is 6.03. The van der Waals surface area contributed by atoms with Crippen LogP contribution in [0.4, 0.5) is 0 Å². The number of unbranched alkanes of at least 4 members (excludes halogenated alkanes) is 1. The summed E-state index contributed by atoms with van der Waals surface area (Å²) in [7, 11) is 0. The van der Waals surface area contributed by atoms with Crippen molar-refractivity contribution >= 4 is 6.08 Å². The van der Waals surface area contributed by atoms with E-state index in [0.29, 0.717) is 0 Å². The van der Waals surface area contributed by atoms with E-state index in [4.69, 9.17) is 10.8 Å². The quantitative estimate of drug-likeness (QED) is 0.514. The van der Waals surface area contributed by atoms with Gasteiger partial charge in [0.2, 0.25) is 0 Å². The Kier molecular flexibility index (Phi) is 4.95. The van der Waals surface area contributed by atoms with E-state index >= 15 is 0 Å². The van der Waals surface area contributed by atoms with E-state index in [1.807, 2.05) is 31.2 Å². The largest absolute Gasteiger partial charge is 0.465 e. The number of benzene rings is 1. The van der Waals surface area contributed by atoms with Crippen molar-refractivity contribution < 1.29 is 10.8 Å². The summed E-state index contributed by atoms with van der Waals surface area (Å²) < 4.78 is 18.1. The second-order valence-corrected chi connectivity index (χ2v) is 3.65. The maximum absolute atomic E-state index is 6.97. The first-order valence-corrected chi connectivity index (χ1v) is 5.69. The van der Waals surface area contributed by atoms with Gasteiger partial charge < -0.3 is 9.47 Å². The van der Waals surface area contributed by atoms with Gasteiger partial charge in [-0.05, 0) is 31.0 Å². The van der Waals surface area contributed by atoms with Crippen LogP contribution in [-0.4, -0.2) is 12.9 Å². The lowest BCUT2D eigenvalue weighted by Gasteiger charge is -2.15. The Morgan fingerprint density at radius 3 is 2.81 bits per heavy atom. The maximum Gasteiger partial charge on any atom is 0.196 e. The van der Waals surface area contributed by atoms with Crippen molar-refractivity contribution in [1.82, 2.24) is 0 Å². The minimum absolute atomic E-state index is 0.223. The third-order valence-electron chi connectivity index (χ3n) is 2.23. The van der Waals surface area contributed by atoms with E-state index < -0.39 is 0 Å². The number of hydrogen-bond donors (Lipinski definition) is 0. The third kappa shape index (κ3) is 4.49. The van der Waals surface area contributed by atoms with Crippen molar-refractivity contribution in [3.05, 3.63) is 36.4 Å². The summed E-state index contributed by atoms with van der Waals surface area (Å²) in [6.07, 6.45) is 3.69. The fourth-order valence-electron chi connectivity index (χ4n) is 1.28. The van der Waals surface area contributed by atoms with Crippen molar-refractivity contribution in [3.8, 4) is 5.75 Å². The summed E-state index contributed by atoms with van der Waals surface area (Å²) in [5.41, 5.74) is 0.993. The van der Waals surface area contributed by atoms with Crippen LogP contribution in [0.1, 0.15) is 33.6 Å². The van der Waals surface area contributed by atoms with Gasteiger partial charge in [0, 0.05) is 0 Å². The summed E-state index contributed by atoms with van der Waals surface area (Å²) in [4.78, 5) is 0. The molecule has 0 heterocycles. The molecule has 2 heteroatoms. The van der Waals surface area contributed by atoms with Gasteiger partial charge in [-0.25, -0.2) is 0 Å². The van der Waals surface area contributed by atoms with Gasteiger partial charge in [0.15, 0.2) is 6.29 Å². The van der Waals surface area contributed by atoms with Gasteiger partial charge in [0.1, 0.15) is 5.75 Å². The number of rotatable bonds is 7. The lowest BCUT2D eigenvalue weighted by Crippen LogP contribution is -2.16. The first-order valence-electron chi connectivity index (χ1n) is 6.27. The normalized spacial score (nSPS) is 13.8. The van der Waals surface area contributed by atoms with Crippen molar-refractivity contribution in [2.75, 3.05) is 6.61 Å². The molecule has 0 aromatic heterocycles. The summed E-state index contributed by atoms with van der Waals surface area (Å²) >= 11 is 0. The Balaban J connectivity index is 2.40. The molecule has 0 radical (unpaired) electrons. The molecule has 0 aliphatic heterocycles. The SMILES string of the molecule is [2H]C=Cc1ccc(OC(C)OCCCC)cc1. The predicted octanol–water partition coefficient (Wildman–Crippen LogP) is 3.87. The molecule has 0 spiro atoms. The molecular formula is C14H20O2. The molecule has 1 unspecified atom stereocenters. The minimum atomic E-state index is -0.223. The van der Waals surface area contributed by atoms with Crippen LogP contribution in [0.5, 0.6) is 5.75 Å². The third-order valence-corrected chi connectivity index (χ3v) is 2.23. The molecule has 0 amide bonds. The molecule has 1 aromatic carbocycles. The average molecular weight is 221 g/mol. The van der Waals surface area contributed by atoms with Crippen LogP contribution in [0.15, 0.2) is 30.8 Å². The Hall–Kier alpha value is -1.28. The Morgan fingerprint density at radius 2 is 2.19 bits per heavy atom. The van der Waals surface area contributed by atoms with Crippen LogP contribution in [0, 0.1) is 0 Å². The van der Waals surface area contributed by atoms with Gasteiger partial charge in [-0.3, -0.25) is 0 Å². The summed E-state index contributed by atoms with van der Waals surface area (Å²) in [6, 6.07) is 7.60. The fraction of sp³-hybridized carbons (Fsp3) is 0.429. The highest BCUT2D eigenvalue weighted by atomic mass is 16.7. The van der Waals surface area contributed by atoms with E-state index in [2.05, 4.69) is 6.92 Å². The first kappa shape index (κ1) is 11.2. The van der Waals surface area contributed by atoms with Crippen LogP contribution in [0.25, 0.3) is 6.08 Å². The average Bonchev–Trinajstić information content (AvgIpc) is 2.32. The lowest BCUT2D eigenvalue weighted by molar-refractivity contribution is -0.0673. The molecule has 0 saturated heterocycles. The number of ether oxygens (including phenoxy) is 2. The van der Waals surface area contributed by atoms with Gasteiger partial charge in [-0.1, -0.05) is 38.1 Å². The van der Waals surface area contributed by atoms with Crippen LogP contribution in [-0.2, 0) is 4.74 Å². The van der Waals surface area contributed by atoms with Crippen molar-refractivity contribution in [2.45, 2.75) is 33.0 Å². The van der Waals surface area contributed by atoms with E-state index in [9.17, 15) is 0 Å². The molecule has 0 bridgehead atoms. The second kappa shape index (κ2) is 7.07. The van der Waals surface area contributed by atoms with Crippen LogP contribution in [0.3, 0.4) is 0 Å². The summed E-state index contributed by atoms with van der Waals surface area (Å²) in [5, 5.41) is 0. The Bertz CT molecular complexity index is 333. The van der Waals surface area contributed by atoms with Gasteiger partial charge in [0.05, 0.1) is 7.98 Å². The van der Waals surface area contributed by atoms with Gasteiger partial charge in [0.25, 0.3) is 0 Å². The van der Waals surface area contributed by atoms with E-state index in [1.165, 1.54) is 6.55 Å². The Labute approximate surface area is 99.3 Å². The van der Waals surface area contributed by atoms with Crippen LogP contribution in [0.2, 0.25) is 0 Å². The van der Waals surface area contributed by atoms with Crippen LogP contribution < -0.4 is 4.74 Å². The molecule has 88 valence electrons. The zero-order chi connectivity index (χ0) is 12.5. The van der Waals surface area contributed by atoms with E-state index in [0.717, 1.165) is 30.8 Å². The highest BCUT2D eigenvalue weighted by Crippen LogP contribution is 2.14. The first-order chi connectivity index (χ1) is 8.26. The van der Waals surface area contributed by atoms with E-state index in [1.54, 1.807) is 6.08 Å². The molecule has 0 aliphatic rings. The maximum atomic E-state index is 6.97. The molecule has 16 heavy (non-hydrogen) atoms. The topological polar surface area (TPSA) is 18.5 Å². The zero-order valence-electron chi connectivity index (χ0n) is 11.0. The molecule has 1 rings (SSSR count). The van der Waals surface area contributed by atoms with E-state index in [-0.39, 0.29) is 6.29 Å². The molecule has 0 fully saturated rings. The molecular weight excluding hydrogens is 200 g/mol. The molecule has 0 aliphatic carbocycles. The summed E-state index contributed by atoms with van der Waals surface area (Å²) in [5.74, 6) is 0.788. The molecule has 0 saturated carbocycles. The van der Waals surface area contributed by atoms with Gasteiger partial charge >= 0.3 is 0 Å². The smallest absolute Gasteiger partial charge is 0.196 e. The zero-order valence-corrected chi connectivity index (χ0v) is 9.98. The lowest BCUT2D eigenvalue weighted by atomic mass is 10.2.